The first-order valence-corrected chi connectivity index (χ1v) is 6.12. The van der Waals surface area contributed by atoms with Gasteiger partial charge in [0.15, 0.2) is 0 Å². The van der Waals surface area contributed by atoms with Gasteiger partial charge in [-0.05, 0) is 48.8 Å². The zero-order chi connectivity index (χ0) is 12.0. The lowest BCUT2D eigenvalue weighted by Crippen LogP contribution is -1.83. The van der Waals surface area contributed by atoms with Crippen molar-refractivity contribution in [2.75, 3.05) is 0 Å². The van der Waals surface area contributed by atoms with Gasteiger partial charge in [-0.25, -0.2) is 0 Å². The average molecular weight is 214 g/mol. The second-order valence-electron chi connectivity index (χ2n) is 4.45. The largest absolute Gasteiger partial charge is 0.130 e. The first-order valence-electron chi connectivity index (χ1n) is 6.12. The van der Waals surface area contributed by atoms with E-state index in [2.05, 4.69) is 50.4 Å². The molecule has 0 amide bonds. The van der Waals surface area contributed by atoms with Crippen molar-refractivity contribution in [1.29, 1.82) is 0 Å². The van der Waals surface area contributed by atoms with E-state index in [1.807, 2.05) is 6.92 Å². The minimum Gasteiger partial charge on any atom is -0.130 e. The summed E-state index contributed by atoms with van der Waals surface area (Å²) in [5.41, 5.74) is 7.15. The van der Waals surface area contributed by atoms with Gasteiger partial charge in [0, 0.05) is 0 Å². The quantitative estimate of drug-likeness (QED) is 0.585. The van der Waals surface area contributed by atoms with Crippen LogP contribution < -0.4 is 0 Å². The van der Waals surface area contributed by atoms with Crippen molar-refractivity contribution >= 4 is 0 Å². The molecule has 0 nitrogen and oxygen atoms in total. The summed E-state index contributed by atoms with van der Waals surface area (Å²) < 4.78 is 0. The lowest BCUT2D eigenvalue weighted by Gasteiger charge is -2.01. The van der Waals surface area contributed by atoms with Gasteiger partial charge in [0.1, 0.15) is 0 Å². The SMILES string of the molecule is C=C=C(C)CC.CC1CCc2ccccc21. The molecule has 0 spiro atoms. The Labute approximate surface area is 99.7 Å². The summed E-state index contributed by atoms with van der Waals surface area (Å²) in [6.07, 6.45) is 3.71. The lowest BCUT2D eigenvalue weighted by atomic mass is 10.0. The third-order valence-corrected chi connectivity index (χ3v) is 3.26. The molecule has 0 N–H and O–H groups in total. The number of rotatable bonds is 1. The van der Waals surface area contributed by atoms with E-state index in [1.54, 1.807) is 11.1 Å². The molecule has 0 heterocycles. The third-order valence-electron chi connectivity index (χ3n) is 3.26. The van der Waals surface area contributed by atoms with E-state index in [1.165, 1.54) is 18.4 Å². The highest BCUT2D eigenvalue weighted by Gasteiger charge is 2.16. The monoisotopic (exact) mass is 214 g/mol. The summed E-state index contributed by atoms with van der Waals surface area (Å²) in [7, 11) is 0. The molecule has 0 saturated carbocycles. The predicted octanol–water partition coefficient (Wildman–Crippen LogP) is 4.86. The highest BCUT2D eigenvalue weighted by molar-refractivity contribution is 5.33. The standard InChI is InChI=1S/C10H12.C6H10/c1-8-6-7-9-4-2-3-5-10(8)9;1-4-6(3)5-2/h2-5,8H,6-7H2,1H3;1,5H2,2-3H3. The Morgan fingerprint density at radius 2 is 2.12 bits per heavy atom. The Kier molecular flexibility index (Phi) is 5.08. The number of aryl methyl sites for hydroxylation is 1. The Hall–Kier alpha value is -1.26. The third kappa shape index (κ3) is 3.40. The van der Waals surface area contributed by atoms with Crippen LogP contribution in [0.1, 0.15) is 50.7 Å². The van der Waals surface area contributed by atoms with Gasteiger partial charge in [-0.15, -0.1) is 5.73 Å². The Morgan fingerprint density at radius 3 is 2.62 bits per heavy atom. The van der Waals surface area contributed by atoms with Crippen LogP contribution in [0.5, 0.6) is 0 Å². The second-order valence-corrected chi connectivity index (χ2v) is 4.45. The van der Waals surface area contributed by atoms with Gasteiger partial charge in [-0.3, -0.25) is 0 Å². The highest BCUT2D eigenvalue weighted by Crippen LogP contribution is 2.31. The van der Waals surface area contributed by atoms with Gasteiger partial charge in [0.05, 0.1) is 0 Å². The van der Waals surface area contributed by atoms with E-state index in [0.717, 1.165) is 12.3 Å². The van der Waals surface area contributed by atoms with Crippen LogP contribution in [0, 0.1) is 0 Å². The number of fused-ring (bicyclic) bond motifs is 1. The van der Waals surface area contributed by atoms with Gasteiger partial charge in [-0.1, -0.05) is 44.7 Å². The summed E-state index contributed by atoms with van der Waals surface area (Å²) in [6.45, 7) is 9.89. The summed E-state index contributed by atoms with van der Waals surface area (Å²) in [4.78, 5) is 0. The maximum absolute atomic E-state index is 3.47. The molecule has 1 aromatic carbocycles. The van der Waals surface area contributed by atoms with Crippen LogP contribution in [0.2, 0.25) is 0 Å². The first-order chi connectivity index (χ1) is 7.69. The fourth-order valence-corrected chi connectivity index (χ4v) is 1.90. The van der Waals surface area contributed by atoms with E-state index in [4.69, 9.17) is 0 Å². The lowest BCUT2D eigenvalue weighted by molar-refractivity contribution is 0.747. The van der Waals surface area contributed by atoms with Gasteiger partial charge in [-0.2, -0.15) is 0 Å². The molecule has 1 aromatic rings. The van der Waals surface area contributed by atoms with Crippen molar-refractivity contribution in [3.8, 4) is 0 Å². The van der Waals surface area contributed by atoms with Crippen molar-refractivity contribution in [2.45, 2.75) is 46.0 Å². The van der Waals surface area contributed by atoms with Crippen molar-refractivity contribution in [3.05, 3.63) is 53.3 Å². The molecule has 0 saturated heterocycles. The average Bonchev–Trinajstić information content (AvgIpc) is 2.72. The van der Waals surface area contributed by atoms with Crippen LogP contribution in [0.15, 0.2) is 42.1 Å². The molecule has 0 aromatic heterocycles. The zero-order valence-corrected chi connectivity index (χ0v) is 10.7. The molecular weight excluding hydrogens is 192 g/mol. The van der Waals surface area contributed by atoms with Crippen LogP contribution in [0.25, 0.3) is 0 Å². The van der Waals surface area contributed by atoms with Gasteiger partial charge >= 0.3 is 0 Å². The number of hydrogen-bond acceptors (Lipinski definition) is 0. The maximum Gasteiger partial charge on any atom is -0.0184 e. The molecule has 16 heavy (non-hydrogen) atoms. The number of benzene rings is 1. The van der Waals surface area contributed by atoms with Gasteiger partial charge < -0.3 is 0 Å². The maximum atomic E-state index is 3.47. The molecule has 0 radical (unpaired) electrons. The molecule has 2 rings (SSSR count). The molecule has 86 valence electrons. The Bertz CT molecular complexity index is 381. The zero-order valence-electron chi connectivity index (χ0n) is 10.7. The fourth-order valence-electron chi connectivity index (χ4n) is 1.90. The van der Waals surface area contributed by atoms with Crippen molar-refractivity contribution in [3.63, 3.8) is 0 Å². The molecule has 0 bridgehead atoms. The van der Waals surface area contributed by atoms with E-state index in [-0.39, 0.29) is 0 Å². The molecule has 0 heteroatoms. The summed E-state index contributed by atoms with van der Waals surface area (Å²) in [5, 5.41) is 0. The van der Waals surface area contributed by atoms with Crippen LogP contribution in [-0.2, 0) is 6.42 Å². The van der Waals surface area contributed by atoms with Crippen LogP contribution in [0.4, 0.5) is 0 Å². The molecule has 1 atom stereocenters. The predicted molar refractivity (Wildman–Crippen MR) is 71.8 cm³/mol. The smallest absolute Gasteiger partial charge is 0.0184 e. The minimum atomic E-state index is 0.802. The molecule has 0 fully saturated rings. The van der Waals surface area contributed by atoms with Gasteiger partial charge in [0.2, 0.25) is 0 Å². The second kappa shape index (κ2) is 6.35. The topological polar surface area (TPSA) is 0 Å². The Balaban J connectivity index is 0.000000187. The van der Waals surface area contributed by atoms with Gasteiger partial charge in [0.25, 0.3) is 0 Å². The number of allylic oxidation sites excluding steroid dienone is 1. The Morgan fingerprint density at radius 1 is 1.44 bits per heavy atom. The minimum absolute atomic E-state index is 0.802. The summed E-state index contributed by atoms with van der Waals surface area (Å²) >= 11 is 0. The van der Waals surface area contributed by atoms with Crippen LogP contribution in [-0.4, -0.2) is 0 Å². The molecular formula is C16H22. The molecule has 1 unspecified atom stereocenters. The van der Waals surface area contributed by atoms with E-state index < -0.39 is 0 Å². The normalized spacial score (nSPS) is 16.8. The van der Waals surface area contributed by atoms with E-state index in [9.17, 15) is 0 Å². The first kappa shape index (κ1) is 12.8. The highest BCUT2D eigenvalue weighted by atomic mass is 14.2. The summed E-state index contributed by atoms with van der Waals surface area (Å²) in [5.74, 6) is 0.802. The van der Waals surface area contributed by atoms with Crippen LogP contribution in [0.3, 0.4) is 0 Å². The van der Waals surface area contributed by atoms with Crippen molar-refractivity contribution in [1.82, 2.24) is 0 Å². The molecule has 1 aliphatic rings. The van der Waals surface area contributed by atoms with Crippen molar-refractivity contribution in [2.24, 2.45) is 0 Å². The number of hydrogen-bond donors (Lipinski definition) is 0. The molecule has 0 aliphatic heterocycles. The van der Waals surface area contributed by atoms with Crippen LogP contribution >= 0.6 is 0 Å². The summed E-state index contributed by atoms with van der Waals surface area (Å²) in [6, 6.07) is 8.78. The molecule has 1 aliphatic carbocycles. The van der Waals surface area contributed by atoms with Crippen molar-refractivity contribution < 1.29 is 0 Å². The van der Waals surface area contributed by atoms with E-state index in [0.29, 0.717) is 0 Å². The van der Waals surface area contributed by atoms with E-state index >= 15 is 0 Å². The fraction of sp³-hybridized carbons (Fsp3) is 0.438.